The monoisotopic (exact) mass is 314 g/mol. The van der Waals surface area contributed by atoms with Crippen molar-refractivity contribution in [3.63, 3.8) is 0 Å². The molecule has 1 aromatic heterocycles. The van der Waals surface area contributed by atoms with Crippen LogP contribution in [0.2, 0.25) is 0 Å². The first-order valence-electron chi connectivity index (χ1n) is 7.67. The summed E-state index contributed by atoms with van der Waals surface area (Å²) < 4.78 is 0. The lowest BCUT2D eigenvalue weighted by molar-refractivity contribution is -0.497. The van der Waals surface area contributed by atoms with Crippen LogP contribution in [-0.4, -0.2) is 27.1 Å². The van der Waals surface area contributed by atoms with Crippen LogP contribution in [0, 0.1) is 16.0 Å². The van der Waals surface area contributed by atoms with Crippen LogP contribution in [-0.2, 0) is 11.2 Å². The van der Waals surface area contributed by atoms with Gasteiger partial charge in [-0.15, -0.1) is 0 Å². The number of H-pyrrole nitrogens is 1. The number of aromatic nitrogens is 2. The van der Waals surface area contributed by atoms with Crippen molar-refractivity contribution in [2.75, 3.05) is 5.32 Å². The molecule has 1 aliphatic rings. The molecule has 2 atom stereocenters. The van der Waals surface area contributed by atoms with Crippen LogP contribution in [0.15, 0.2) is 30.3 Å². The molecule has 2 N–H and O–H groups in total. The Morgan fingerprint density at radius 3 is 2.78 bits per heavy atom. The van der Waals surface area contributed by atoms with Crippen molar-refractivity contribution < 1.29 is 9.72 Å². The predicted molar refractivity (Wildman–Crippen MR) is 85.5 cm³/mol. The van der Waals surface area contributed by atoms with Gasteiger partial charge in [-0.05, 0) is 17.5 Å². The summed E-state index contributed by atoms with van der Waals surface area (Å²) in [7, 11) is 0. The highest BCUT2D eigenvalue weighted by molar-refractivity contribution is 5.94. The van der Waals surface area contributed by atoms with Crippen LogP contribution in [0.1, 0.15) is 25.3 Å². The Morgan fingerprint density at radius 2 is 2.17 bits per heavy atom. The van der Waals surface area contributed by atoms with Gasteiger partial charge in [0.1, 0.15) is 5.92 Å². The summed E-state index contributed by atoms with van der Waals surface area (Å²) in [5.74, 6) is -0.502. The highest BCUT2D eigenvalue weighted by Crippen LogP contribution is 2.34. The van der Waals surface area contributed by atoms with Gasteiger partial charge in [-0.3, -0.25) is 20.0 Å². The fraction of sp³-hybridized carbons (Fsp3) is 0.375. The first kappa shape index (κ1) is 15.2. The van der Waals surface area contributed by atoms with Crippen molar-refractivity contribution in [2.45, 2.75) is 32.2 Å². The molecule has 0 unspecified atom stereocenters. The molecule has 1 aromatic carbocycles. The van der Waals surface area contributed by atoms with Crippen molar-refractivity contribution in [1.82, 2.24) is 10.2 Å². The largest absolute Gasteiger partial charge is 0.309 e. The molecule has 0 radical (unpaired) electrons. The van der Waals surface area contributed by atoms with Gasteiger partial charge in [0.25, 0.3) is 0 Å². The lowest BCUT2D eigenvalue weighted by atomic mass is 10.1. The second-order valence-corrected chi connectivity index (χ2v) is 5.80. The first-order valence-corrected chi connectivity index (χ1v) is 7.67. The minimum Gasteiger partial charge on any atom is -0.309 e. The topological polar surface area (TPSA) is 101 Å². The molecular weight excluding hydrogens is 296 g/mol. The number of benzene rings is 1. The molecule has 3 rings (SSSR count). The van der Waals surface area contributed by atoms with E-state index in [-0.39, 0.29) is 5.91 Å². The number of nitro groups is 1. The molecule has 0 aliphatic heterocycles. The van der Waals surface area contributed by atoms with Gasteiger partial charge < -0.3 is 5.32 Å². The maximum absolute atomic E-state index is 11.9. The van der Waals surface area contributed by atoms with E-state index in [2.05, 4.69) is 34.6 Å². The fourth-order valence-electron chi connectivity index (χ4n) is 2.59. The summed E-state index contributed by atoms with van der Waals surface area (Å²) in [6.45, 7) is 2.14. The first-order chi connectivity index (χ1) is 11.1. The van der Waals surface area contributed by atoms with E-state index < -0.39 is 16.9 Å². The minimum absolute atomic E-state index is 0.301. The zero-order valence-electron chi connectivity index (χ0n) is 12.8. The summed E-state index contributed by atoms with van der Waals surface area (Å²) in [4.78, 5) is 22.1. The van der Waals surface area contributed by atoms with E-state index in [9.17, 15) is 14.9 Å². The van der Waals surface area contributed by atoms with Gasteiger partial charge in [0.15, 0.2) is 5.82 Å². The Bertz CT molecular complexity index is 723. The number of amides is 1. The van der Waals surface area contributed by atoms with E-state index in [1.165, 1.54) is 5.56 Å². The number of aromatic amines is 1. The zero-order valence-corrected chi connectivity index (χ0v) is 12.8. The van der Waals surface area contributed by atoms with Crippen LogP contribution in [0.4, 0.5) is 5.82 Å². The summed E-state index contributed by atoms with van der Waals surface area (Å²) >= 11 is 0. The second-order valence-electron chi connectivity index (χ2n) is 5.80. The standard InChI is InChI=1S/C16H18N4O3/c1-2-3-10-4-6-11(7-5-10)13-9-15(19-18-13)17-16(21)12-8-14(12)20(22)23/h4-7,9,12,14H,2-3,8H2,1H3,(H2,17,18,19,21)/t12-,14-/m1/s1. The third kappa shape index (κ3) is 3.39. The Hall–Kier alpha value is -2.70. The molecular formula is C16H18N4O3. The third-order valence-electron chi connectivity index (χ3n) is 4.00. The maximum atomic E-state index is 11.9. The minimum atomic E-state index is -0.750. The maximum Gasteiger partial charge on any atom is 0.235 e. The predicted octanol–water partition coefficient (Wildman–Crippen LogP) is 2.63. The average Bonchev–Trinajstić information content (AvgIpc) is 3.22. The highest BCUT2D eigenvalue weighted by atomic mass is 16.6. The number of hydrogen-bond acceptors (Lipinski definition) is 4. The van der Waals surface area contributed by atoms with E-state index in [1.54, 1.807) is 6.07 Å². The molecule has 0 bridgehead atoms. The van der Waals surface area contributed by atoms with E-state index in [1.807, 2.05) is 12.1 Å². The smallest absolute Gasteiger partial charge is 0.235 e. The summed E-state index contributed by atoms with van der Waals surface area (Å²) in [5.41, 5.74) is 3.06. The van der Waals surface area contributed by atoms with Gasteiger partial charge in [-0.2, -0.15) is 5.10 Å². The third-order valence-corrected chi connectivity index (χ3v) is 4.00. The zero-order chi connectivity index (χ0) is 16.4. The van der Waals surface area contributed by atoms with E-state index in [4.69, 9.17) is 0 Å². The average molecular weight is 314 g/mol. The number of hydrogen-bond donors (Lipinski definition) is 2. The van der Waals surface area contributed by atoms with Gasteiger partial charge in [-0.1, -0.05) is 37.6 Å². The molecule has 23 heavy (non-hydrogen) atoms. The number of rotatable bonds is 6. The number of carbonyl (C=O) groups excluding carboxylic acids is 1. The molecule has 0 saturated heterocycles. The molecule has 7 heteroatoms. The molecule has 1 saturated carbocycles. The molecule has 0 spiro atoms. The van der Waals surface area contributed by atoms with Crippen molar-refractivity contribution in [3.8, 4) is 11.3 Å². The van der Waals surface area contributed by atoms with Crippen LogP contribution in [0.3, 0.4) is 0 Å². The lowest BCUT2D eigenvalue weighted by Gasteiger charge is -2.01. The second kappa shape index (κ2) is 6.20. The van der Waals surface area contributed by atoms with Crippen molar-refractivity contribution in [2.24, 2.45) is 5.92 Å². The van der Waals surface area contributed by atoms with Crippen molar-refractivity contribution in [1.29, 1.82) is 0 Å². The van der Waals surface area contributed by atoms with E-state index >= 15 is 0 Å². The van der Waals surface area contributed by atoms with Gasteiger partial charge >= 0.3 is 0 Å². The van der Waals surface area contributed by atoms with Crippen LogP contribution in [0.25, 0.3) is 11.3 Å². The summed E-state index contributed by atoms with van der Waals surface area (Å²) in [6.07, 6.45) is 2.45. The Labute approximate surface area is 133 Å². The van der Waals surface area contributed by atoms with Gasteiger partial charge in [0.2, 0.25) is 11.9 Å². The van der Waals surface area contributed by atoms with Crippen molar-refractivity contribution in [3.05, 3.63) is 46.0 Å². The Balaban J connectivity index is 1.64. The van der Waals surface area contributed by atoms with Gasteiger partial charge in [0, 0.05) is 17.4 Å². The summed E-state index contributed by atoms with van der Waals surface area (Å²) in [5, 5.41) is 20.1. The number of nitrogens with one attached hydrogen (secondary N) is 2. The number of carbonyl (C=O) groups is 1. The number of anilines is 1. The molecule has 1 amide bonds. The van der Waals surface area contributed by atoms with Crippen LogP contribution >= 0.6 is 0 Å². The quantitative estimate of drug-likeness (QED) is 0.632. The normalized spacial score (nSPS) is 19.3. The molecule has 1 aliphatic carbocycles. The highest BCUT2D eigenvalue weighted by Gasteiger charge is 2.53. The molecule has 7 nitrogen and oxygen atoms in total. The summed E-state index contributed by atoms with van der Waals surface area (Å²) in [6, 6.07) is 9.14. The lowest BCUT2D eigenvalue weighted by Crippen LogP contribution is -2.18. The van der Waals surface area contributed by atoms with E-state index in [0.29, 0.717) is 12.2 Å². The molecule has 1 fully saturated rings. The van der Waals surface area contributed by atoms with Gasteiger partial charge in [0.05, 0.1) is 5.69 Å². The molecule has 120 valence electrons. The van der Waals surface area contributed by atoms with Crippen molar-refractivity contribution >= 4 is 11.7 Å². The number of nitrogens with zero attached hydrogens (tertiary/aromatic N) is 2. The Kier molecular flexibility index (Phi) is 4.10. The SMILES string of the molecule is CCCc1ccc(-c2cc(NC(=O)[C@@H]3C[C@H]3[N+](=O)[O-])n[nH]2)cc1. The fourth-order valence-corrected chi connectivity index (χ4v) is 2.59. The molecule has 1 heterocycles. The number of aryl methyl sites for hydroxylation is 1. The Morgan fingerprint density at radius 1 is 1.43 bits per heavy atom. The van der Waals surface area contributed by atoms with Crippen LogP contribution < -0.4 is 5.32 Å². The van der Waals surface area contributed by atoms with E-state index in [0.717, 1.165) is 24.1 Å². The van der Waals surface area contributed by atoms with Gasteiger partial charge in [-0.25, -0.2) is 0 Å². The molecule has 2 aromatic rings. The van der Waals surface area contributed by atoms with Crippen LogP contribution in [0.5, 0.6) is 0 Å².